The third-order valence-corrected chi connectivity index (χ3v) is 4.47. The molecule has 1 aromatic heterocycles. The number of nitrogens with zero attached hydrogens (tertiary/aromatic N) is 3. The lowest BCUT2D eigenvalue weighted by atomic mass is 10.2. The Kier molecular flexibility index (Phi) is 6.45. The molecule has 144 valence electrons. The minimum atomic E-state index is -0.192. The van der Waals surface area contributed by atoms with Crippen molar-refractivity contribution in [3.05, 3.63) is 77.4 Å². The van der Waals surface area contributed by atoms with E-state index in [4.69, 9.17) is 11.6 Å². The molecular formula is C21H21ClN4O2. The number of amides is 2. The molecule has 28 heavy (non-hydrogen) atoms. The Morgan fingerprint density at radius 1 is 1.11 bits per heavy atom. The maximum Gasteiger partial charge on any atom is 0.227 e. The average Bonchev–Trinajstić information content (AvgIpc) is 3.13. The highest BCUT2D eigenvalue weighted by Gasteiger charge is 2.14. The number of anilines is 1. The van der Waals surface area contributed by atoms with E-state index in [9.17, 15) is 9.59 Å². The summed E-state index contributed by atoms with van der Waals surface area (Å²) in [7, 11) is 0. The van der Waals surface area contributed by atoms with Crippen molar-refractivity contribution in [3.63, 3.8) is 0 Å². The van der Waals surface area contributed by atoms with Gasteiger partial charge in [-0.2, -0.15) is 5.10 Å². The highest BCUT2D eigenvalue weighted by molar-refractivity contribution is 6.30. The van der Waals surface area contributed by atoms with Crippen LogP contribution in [0.4, 0.5) is 5.82 Å². The Morgan fingerprint density at radius 2 is 1.89 bits per heavy atom. The molecule has 0 radical (unpaired) electrons. The Hall–Kier alpha value is -3.12. The van der Waals surface area contributed by atoms with Gasteiger partial charge in [-0.1, -0.05) is 48.0 Å². The van der Waals surface area contributed by atoms with Crippen molar-refractivity contribution < 1.29 is 9.59 Å². The molecule has 0 aliphatic heterocycles. The first-order chi connectivity index (χ1) is 13.5. The van der Waals surface area contributed by atoms with Crippen LogP contribution in [0.15, 0.2) is 66.9 Å². The molecule has 0 saturated carbocycles. The Balaban J connectivity index is 1.61. The lowest BCUT2D eigenvalue weighted by molar-refractivity contribution is -0.129. The van der Waals surface area contributed by atoms with Gasteiger partial charge in [0, 0.05) is 37.5 Å². The number of hydrogen-bond donors (Lipinski definition) is 1. The van der Waals surface area contributed by atoms with Crippen LogP contribution < -0.4 is 5.32 Å². The molecule has 0 aliphatic carbocycles. The smallest absolute Gasteiger partial charge is 0.227 e. The van der Waals surface area contributed by atoms with Crippen LogP contribution in [0.1, 0.15) is 18.9 Å². The normalized spacial score (nSPS) is 10.5. The SMILES string of the molecule is CC(=O)N(CCC(=O)Nc1ccnn1-c1cccc(Cl)c1)Cc1ccccc1. The molecule has 6 nitrogen and oxygen atoms in total. The van der Waals surface area contributed by atoms with E-state index in [0.717, 1.165) is 11.3 Å². The first-order valence-electron chi connectivity index (χ1n) is 8.92. The van der Waals surface area contributed by atoms with Gasteiger partial charge >= 0.3 is 0 Å². The van der Waals surface area contributed by atoms with E-state index in [1.54, 1.807) is 34.0 Å². The Bertz CT molecular complexity index is 956. The Labute approximate surface area is 168 Å². The average molecular weight is 397 g/mol. The molecule has 0 unspecified atom stereocenters. The first-order valence-corrected chi connectivity index (χ1v) is 9.30. The van der Waals surface area contributed by atoms with Crippen LogP contribution in [0.25, 0.3) is 5.69 Å². The van der Waals surface area contributed by atoms with E-state index >= 15 is 0 Å². The number of carbonyl (C=O) groups is 2. The molecule has 1 N–H and O–H groups in total. The van der Waals surface area contributed by atoms with Crippen molar-refractivity contribution in [1.82, 2.24) is 14.7 Å². The number of benzene rings is 2. The molecule has 0 saturated heterocycles. The van der Waals surface area contributed by atoms with Crippen LogP contribution in [0, 0.1) is 0 Å². The van der Waals surface area contributed by atoms with Gasteiger partial charge in [0.25, 0.3) is 0 Å². The van der Waals surface area contributed by atoms with Crippen LogP contribution in [0.2, 0.25) is 5.02 Å². The second-order valence-electron chi connectivity index (χ2n) is 6.33. The van der Waals surface area contributed by atoms with E-state index in [2.05, 4.69) is 10.4 Å². The fraction of sp³-hybridized carbons (Fsp3) is 0.190. The van der Waals surface area contributed by atoms with E-state index in [1.165, 1.54) is 6.92 Å². The van der Waals surface area contributed by atoms with E-state index < -0.39 is 0 Å². The number of nitrogens with one attached hydrogen (secondary N) is 1. The van der Waals surface area contributed by atoms with Gasteiger partial charge in [-0.15, -0.1) is 0 Å². The topological polar surface area (TPSA) is 67.2 Å². The third kappa shape index (κ3) is 5.20. The molecule has 0 atom stereocenters. The largest absolute Gasteiger partial charge is 0.338 e. The van der Waals surface area contributed by atoms with Gasteiger partial charge in [0.1, 0.15) is 5.82 Å². The van der Waals surface area contributed by atoms with Crippen molar-refractivity contribution in [2.24, 2.45) is 0 Å². The van der Waals surface area contributed by atoms with Gasteiger partial charge in [0.05, 0.1) is 11.9 Å². The molecule has 1 heterocycles. The van der Waals surface area contributed by atoms with Crippen molar-refractivity contribution >= 4 is 29.2 Å². The first kappa shape index (κ1) is 19.6. The van der Waals surface area contributed by atoms with Crippen LogP contribution in [-0.4, -0.2) is 33.0 Å². The number of halogens is 1. The molecule has 3 aromatic rings. The molecule has 0 aliphatic rings. The highest BCUT2D eigenvalue weighted by atomic mass is 35.5. The zero-order valence-corrected chi connectivity index (χ0v) is 16.3. The fourth-order valence-corrected chi connectivity index (χ4v) is 2.99. The number of aromatic nitrogens is 2. The highest BCUT2D eigenvalue weighted by Crippen LogP contribution is 2.18. The van der Waals surface area contributed by atoms with Crippen LogP contribution in [-0.2, 0) is 16.1 Å². The number of hydrogen-bond acceptors (Lipinski definition) is 3. The van der Waals surface area contributed by atoms with Crippen molar-refractivity contribution in [2.75, 3.05) is 11.9 Å². The minimum absolute atomic E-state index is 0.0689. The minimum Gasteiger partial charge on any atom is -0.338 e. The molecule has 7 heteroatoms. The van der Waals surface area contributed by atoms with E-state index in [-0.39, 0.29) is 18.2 Å². The zero-order valence-electron chi connectivity index (χ0n) is 15.5. The van der Waals surface area contributed by atoms with Gasteiger partial charge in [-0.25, -0.2) is 4.68 Å². The van der Waals surface area contributed by atoms with Gasteiger partial charge < -0.3 is 10.2 Å². The van der Waals surface area contributed by atoms with Crippen molar-refractivity contribution in [1.29, 1.82) is 0 Å². The van der Waals surface area contributed by atoms with Crippen LogP contribution >= 0.6 is 11.6 Å². The molecule has 0 fully saturated rings. The van der Waals surface area contributed by atoms with Gasteiger partial charge in [-0.3, -0.25) is 9.59 Å². The molecule has 0 bridgehead atoms. The summed E-state index contributed by atoms with van der Waals surface area (Å²) in [5.41, 5.74) is 1.78. The molecule has 2 amide bonds. The quantitative estimate of drug-likeness (QED) is 0.658. The lowest BCUT2D eigenvalue weighted by Crippen LogP contribution is -2.31. The van der Waals surface area contributed by atoms with Crippen LogP contribution in [0.5, 0.6) is 0 Å². The Morgan fingerprint density at radius 3 is 2.61 bits per heavy atom. The summed E-state index contributed by atoms with van der Waals surface area (Å²) < 4.78 is 1.61. The third-order valence-electron chi connectivity index (χ3n) is 4.23. The molecule has 3 rings (SSSR count). The summed E-state index contributed by atoms with van der Waals surface area (Å²) in [5, 5.41) is 7.67. The lowest BCUT2D eigenvalue weighted by Gasteiger charge is -2.21. The van der Waals surface area contributed by atoms with Crippen molar-refractivity contribution in [3.8, 4) is 5.69 Å². The standard InChI is InChI=1S/C21H21ClN4O2/c1-16(27)25(15-17-6-3-2-4-7-17)13-11-21(28)24-20-10-12-23-26(20)19-9-5-8-18(22)14-19/h2-10,12,14H,11,13,15H2,1H3,(H,24,28). The summed E-state index contributed by atoms with van der Waals surface area (Å²) in [4.78, 5) is 26.0. The summed E-state index contributed by atoms with van der Waals surface area (Å²) >= 11 is 6.03. The van der Waals surface area contributed by atoms with Gasteiger partial charge in [0.2, 0.25) is 11.8 Å². The molecule has 0 spiro atoms. The molecule has 2 aromatic carbocycles. The summed E-state index contributed by atoms with van der Waals surface area (Å²) in [6.07, 6.45) is 1.79. The van der Waals surface area contributed by atoms with E-state index in [1.807, 2.05) is 42.5 Å². The molecular weight excluding hydrogens is 376 g/mol. The second kappa shape index (κ2) is 9.19. The number of rotatable bonds is 7. The predicted octanol–water partition coefficient (Wildman–Crippen LogP) is 3.90. The second-order valence-corrected chi connectivity index (χ2v) is 6.77. The monoisotopic (exact) mass is 396 g/mol. The summed E-state index contributed by atoms with van der Waals surface area (Å²) in [6, 6.07) is 18.6. The predicted molar refractivity (Wildman–Crippen MR) is 109 cm³/mol. The van der Waals surface area contributed by atoms with Gasteiger partial charge in [0.15, 0.2) is 0 Å². The maximum atomic E-state index is 12.4. The summed E-state index contributed by atoms with van der Waals surface area (Å²) in [6.45, 7) is 2.32. The fourth-order valence-electron chi connectivity index (χ4n) is 2.81. The van der Waals surface area contributed by atoms with E-state index in [0.29, 0.717) is 23.9 Å². The van der Waals surface area contributed by atoms with Gasteiger partial charge in [-0.05, 0) is 23.8 Å². The number of carbonyl (C=O) groups excluding carboxylic acids is 2. The van der Waals surface area contributed by atoms with Crippen LogP contribution in [0.3, 0.4) is 0 Å². The zero-order chi connectivity index (χ0) is 19.9. The maximum absolute atomic E-state index is 12.4. The summed E-state index contributed by atoms with van der Waals surface area (Å²) in [5.74, 6) is 0.286. The van der Waals surface area contributed by atoms with Crippen molar-refractivity contribution in [2.45, 2.75) is 19.9 Å².